The van der Waals surface area contributed by atoms with Crippen LogP contribution in [0.15, 0.2) is 18.3 Å². The zero-order valence-corrected chi connectivity index (χ0v) is 13.5. The van der Waals surface area contributed by atoms with E-state index >= 15 is 0 Å². The summed E-state index contributed by atoms with van der Waals surface area (Å²) in [4.78, 5) is 4.25. The maximum atomic E-state index is 13.3. The predicted octanol–water partition coefficient (Wildman–Crippen LogP) is 2.63. The Kier molecular flexibility index (Phi) is 4.31. The van der Waals surface area contributed by atoms with Crippen LogP contribution in [0.25, 0.3) is 0 Å². The molecule has 1 saturated carbocycles. The zero-order valence-electron chi connectivity index (χ0n) is 11.1. The van der Waals surface area contributed by atoms with Gasteiger partial charge in [-0.2, -0.15) is 0 Å². The van der Waals surface area contributed by atoms with Crippen LogP contribution in [0.2, 0.25) is 5.21 Å². The Hall–Kier alpha value is -0.472. The predicted molar refractivity (Wildman–Crippen MR) is 73.3 cm³/mol. The Balaban J connectivity index is 2.22. The van der Waals surface area contributed by atoms with Crippen molar-refractivity contribution in [1.82, 2.24) is 4.98 Å². The van der Waals surface area contributed by atoms with E-state index in [2.05, 4.69) is 4.98 Å². The van der Waals surface area contributed by atoms with Crippen LogP contribution in [0, 0.1) is 0 Å². The number of alkyl halides is 2. The summed E-state index contributed by atoms with van der Waals surface area (Å²) in [5.41, 5.74) is 1.52. The van der Waals surface area contributed by atoms with E-state index in [4.69, 9.17) is 0 Å². The Bertz CT molecular complexity index is 424. The third kappa shape index (κ3) is 3.17. The van der Waals surface area contributed by atoms with Crippen molar-refractivity contribution in [2.45, 2.75) is 55.3 Å². The monoisotopic (exact) mass is 331 g/mol. The molecule has 1 heterocycles. The van der Waals surface area contributed by atoms with Crippen molar-refractivity contribution in [1.29, 1.82) is 0 Å². The summed E-state index contributed by atoms with van der Waals surface area (Å²) < 4.78 is 26.7. The summed E-state index contributed by atoms with van der Waals surface area (Å²) in [5, 5.41) is 10.4. The van der Waals surface area contributed by atoms with Gasteiger partial charge in [-0.25, -0.2) is 0 Å². The number of rotatable bonds is 3. The summed E-state index contributed by atoms with van der Waals surface area (Å²) in [6.45, 7) is 1.67. The quantitative estimate of drug-likeness (QED) is 0.864. The number of aliphatic hydroxyl groups is 1. The minimum atomic E-state index is -2.50. The van der Waals surface area contributed by atoms with Crippen LogP contribution in [0.1, 0.15) is 50.0 Å². The van der Waals surface area contributed by atoms with Crippen LogP contribution in [-0.4, -0.2) is 32.9 Å². The molecular weight excluding hydrogens is 311 g/mol. The second kappa shape index (κ2) is 5.49. The van der Waals surface area contributed by atoms with Gasteiger partial charge in [0.1, 0.15) is 0 Å². The van der Waals surface area contributed by atoms with Gasteiger partial charge in [-0.3, -0.25) is 0 Å². The van der Waals surface area contributed by atoms with E-state index in [0.29, 0.717) is 18.5 Å². The fraction of sp³-hybridized carbons (Fsp3) is 0.643. The molecular formula is C14H20AsF2NO. The van der Waals surface area contributed by atoms with Gasteiger partial charge in [0.25, 0.3) is 0 Å². The van der Waals surface area contributed by atoms with Crippen LogP contribution < -0.4 is 0 Å². The summed E-state index contributed by atoms with van der Waals surface area (Å²) in [5.74, 6) is -2.50. The molecule has 0 amide bonds. The van der Waals surface area contributed by atoms with Gasteiger partial charge < -0.3 is 0 Å². The molecule has 2 atom stereocenters. The van der Waals surface area contributed by atoms with Gasteiger partial charge >= 0.3 is 121 Å². The van der Waals surface area contributed by atoms with Gasteiger partial charge in [-0.15, -0.1) is 0 Å². The zero-order chi connectivity index (χ0) is 14.1. The van der Waals surface area contributed by atoms with E-state index < -0.39 is 12.0 Å². The van der Waals surface area contributed by atoms with Crippen molar-refractivity contribution >= 4 is 16.9 Å². The van der Waals surface area contributed by atoms with Crippen molar-refractivity contribution in [3.8, 4) is 0 Å². The summed E-state index contributed by atoms with van der Waals surface area (Å²) in [6.07, 6.45) is 2.14. The van der Waals surface area contributed by atoms with Gasteiger partial charge in [0.2, 0.25) is 0 Å². The van der Waals surface area contributed by atoms with Crippen LogP contribution in [0.5, 0.6) is 0 Å². The van der Waals surface area contributed by atoms with Crippen molar-refractivity contribution in [3.05, 3.63) is 29.6 Å². The normalized spacial score (nSPS) is 23.0. The molecule has 1 aromatic heterocycles. The summed E-state index contributed by atoms with van der Waals surface area (Å²) in [7, 11) is 0. The molecule has 0 saturated heterocycles. The summed E-state index contributed by atoms with van der Waals surface area (Å²) in [6, 6.07) is 3.75. The van der Waals surface area contributed by atoms with E-state index in [1.165, 1.54) is 0 Å². The number of nitrogens with zero attached hydrogens (tertiary/aromatic N) is 1. The van der Waals surface area contributed by atoms with Crippen molar-refractivity contribution < 1.29 is 13.9 Å². The second-order valence-corrected chi connectivity index (χ2v) is 6.34. The first kappa shape index (κ1) is 14.9. The molecule has 0 radical (unpaired) electrons. The van der Waals surface area contributed by atoms with Crippen molar-refractivity contribution in [3.63, 3.8) is 0 Å². The van der Waals surface area contributed by atoms with E-state index in [1.807, 2.05) is 6.07 Å². The van der Waals surface area contributed by atoms with E-state index in [0.717, 1.165) is 10.8 Å². The molecule has 1 fully saturated rings. The Morgan fingerprint density at radius 1 is 1.32 bits per heavy atom. The van der Waals surface area contributed by atoms with Gasteiger partial charge in [0.15, 0.2) is 0 Å². The molecule has 2 nitrogen and oxygen atoms in total. The van der Waals surface area contributed by atoms with Gasteiger partial charge in [0, 0.05) is 0 Å². The number of halogens is 2. The first-order chi connectivity index (χ1) is 8.88. The molecule has 2 unspecified atom stereocenters. The number of pyridine rings is 1. The molecule has 1 aromatic rings. The number of aliphatic hydroxyl groups excluding tert-OH is 1. The van der Waals surface area contributed by atoms with Gasteiger partial charge in [-0.1, -0.05) is 0 Å². The molecule has 106 valence electrons. The van der Waals surface area contributed by atoms with Gasteiger partial charge in [0.05, 0.1) is 0 Å². The molecule has 0 bridgehead atoms. The number of aromatic nitrogens is 1. The first-order valence-corrected chi connectivity index (χ1v) is 8.32. The summed E-state index contributed by atoms with van der Waals surface area (Å²) >= 11 is 1.57. The third-order valence-electron chi connectivity index (χ3n) is 4.16. The van der Waals surface area contributed by atoms with Crippen molar-refractivity contribution in [2.24, 2.45) is 0 Å². The molecule has 0 aromatic carbocycles. The molecule has 0 aliphatic heterocycles. The Labute approximate surface area is 121 Å². The van der Waals surface area contributed by atoms with Crippen molar-refractivity contribution in [2.75, 3.05) is 0 Å². The standard InChI is InChI=1S/C14H20AsF2NO/c1-10(19)12-3-2-11(8-18-12)13(9-15)4-6-14(16,17)7-5-13/h2-3,8,10,19H,4-7,9,15H2,1H3. The number of hydrogen-bond donors (Lipinski definition) is 1. The second-order valence-electron chi connectivity index (χ2n) is 5.49. The maximum absolute atomic E-state index is 13.3. The Morgan fingerprint density at radius 2 is 1.95 bits per heavy atom. The number of hydrogen-bond acceptors (Lipinski definition) is 2. The van der Waals surface area contributed by atoms with Crippen LogP contribution in [-0.2, 0) is 5.41 Å². The van der Waals surface area contributed by atoms with Gasteiger partial charge in [-0.05, 0) is 0 Å². The minimum absolute atomic E-state index is 0.0327. The van der Waals surface area contributed by atoms with Crippen LogP contribution in [0.3, 0.4) is 0 Å². The fourth-order valence-electron chi connectivity index (χ4n) is 2.67. The molecule has 0 spiro atoms. The molecule has 1 aliphatic rings. The van der Waals surface area contributed by atoms with Crippen LogP contribution in [0.4, 0.5) is 8.78 Å². The average molecular weight is 331 g/mol. The molecule has 1 aliphatic carbocycles. The molecule has 1 N–H and O–H groups in total. The van der Waals surface area contributed by atoms with E-state index in [1.54, 1.807) is 36.0 Å². The van der Waals surface area contributed by atoms with Crippen LogP contribution >= 0.6 is 0 Å². The third-order valence-corrected chi connectivity index (χ3v) is 5.80. The Morgan fingerprint density at radius 3 is 2.37 bits per heavy atom. The fourth-order valence-corrected chi connectivity index (χ4v) is 4.02. The average Bonchev–Trinajstić information content (AvgIpc) is 2.40. The molecule has 2 rings (SSSR count). The molecule has 5 heteroatoms. The SMILES string of the molecule is CC(O)c1ccc(C2(C[AsH2])CCC(F)(F)CC2)cn1. The van der Waals surface area contributed by atoms with E-state index in [9.17, 15) is 13.9 Å². The van der Waals surface area contributed by atoms with E-state index in [-0.39, 0.29) is 18.3 Å². The molecule has 19 heavy (non-hydrogen) atoms. The topological polar surface area (TPSA) is 33.1 Å². The first-order valence-electron chi connectivity index (χ1n) is 6.61.